The molecule has 0 saturated carbocycles. The Kier molecular flexibility index (Phi) is 10.3. The minimum absolute atomic E-state index is 0.117. The molecule has 0 aliphatic carbocycles. The number of rotatable bonds is 5. The van der Waals surface area contributed by atoms with Gasteiger partial charge in [0.1, 0.15) is 0 Å². The van der Waals surface area contributed by atoms with Crippen molar-refractivity contribution >= 4 is 17.5 Å². The lowest BCUT2D eigenvalue weighted by Crippen LogP contribution is -2.47. The van der Waals surface area contributed by atoms with Gasteiger partial charge in [-0.2, -0.15) is 0 Å². The summed E-state index contributed by atoms with van der Waals surface area (Å²) in [6, 6.07) is 8.84. The van der Waals surface area contributed by atoms with E-state index in [1.165, 1.54) is 37.7 Å². The van der Waals surface area contributed by atoms with E-state index in [1.54, 1.807) is 6.92 Å². The summed E-state index contributed by atoms with van der Waals surface area (Å²) in [6.07, 6.45) is 10.0. The van der Waals surface area contributed by atoms with E-state index in [-0.39, 0.29) is 17.7 Å². The van der Waals surface area contributed by atoms with Crippen LogP contribution >= 0.6 is 0 Å². The number of carbonyl (C=O) groups excluding carboxylic acids is 2. The van der Waals surface area contributed by atoms with Crippen molar-refractivity contribution in [3.63, 3.8) is 0 Å². The molecule has 0 atom stereocenters. The van der Waals surface area contributed by atoms with E-state index in [2.05, 4.69) is 33.3 Å². The first kappa shape index (κ1) is 28.3. The number of piperidine rings is 1. The monoisotopic (exact) mass is 523 g/mol. The van der Waals surface area contributed by atoms with Crippen LogP contribution in [0.1, 0.15) is 102 Å². The Morgan fingerprint density at radius 1 is 0.947 bits per heavy atom. The Balaban J connectivity index is 1.38. The highest BCUT2D eigenvalue weighted by molar-refractivity contribution is 5.92. The highest BCUT2D eigenvalue weighted by Gasteiger charge is 2.28. The first-order valence-electron chi connectivity index (χ1n) is 14.6. The molecule has 0 unspecified atom stereocenters. The highest BCUT2D eigenvalue weighted by Crippen LogP contribution is 2.27. The molecule has 0 spiro atoms. The van der Waals surface area contributed by atoms with Crippen LogP contribution in [0, 0.1) is 0 Å². The molecule has 2 amide bonds. The van der Waals surface area contributed by atoms with Crippen molar-refractivity contribution in [2.45, 2.75) is 103 Å². The van der Waals surface area contributed by atoms with Gasteiger partial charge >= 0.3 is 0 Å². The maximum atomic E-state index is 12.9. The van der Waals surface area contributed by atoms with Crippen molar-refractivity contribution in [3.8, 4) is 0 Å². The molecule has 0 N–H and O–H groups in total. The quantitative estimate of drug-likeness (QED) is 0.527. The van der Waals surface area contributed by atoms with Gasteiger partial charge in [0.05, 0.1) is 0 Å². The van der Waals surface area contributed by atoms with Crippen molar-refractivity contribution in [1.82, 2.24) is 20.0 Å². The van der Waals surface area contributed by atoms with Gasteiger partial charge in [-0.15, -0.1) is 10.2 Å². The number of aromatic nitrogens is 2. The molecule has 1 aromatic carbocycles. The topological polar surface area (TPSA) is 82.8 Å². The van der Waals surface area contributed by atoms with Crippen molar-refractivity contribution in [1.29, 1.82) is 0 Å². The van der Waals surface area contributed by atoms with Crippen LogP contribution in [0.15, 0.2) is 28.7 Å². The zero-order valence-corrected chi connectivity index (χ0v) is 23.5. The van der Waals surface area contributed by atoms with Crippen LogP contribution in [0.25, 0.3) is 0 Å². The van der Waals surface area contributed by atoms with Gasteiger partial charge in [0.2, 0.25) is 23.6 Å². The van der Waals surface area contributed by atoms with Gasteiger partial charge in [0.25, 0.3) is 0 Å². The van der Waals surface area contributed by atoms with E-state index >= 15 is 0 Å². The summed E-state index contributed by atoms with van der Waals surface area (Å²) in [5.74, 6) is 1.65. The molecule has 8 nitrogen and oxygen atoms in total. The first-order chi connectivity index (χ1) is 18.4. The average Bonchev–Trinajstić information content (AvgIpc) is 3.40. The molecule has 38 heavy (non-hydrogen) atoms. The number of likely N-dealkylation sites (tertiary alicyclic amines) is 1. The SMILES string of the molecule is CC(=O)N1CCCCCCCCN(C2CCN(C(=O)CCc3nnc(C(C)C)o3)CC2)Cc2ccccc21. The van der Waals surface area contributed by atoms with Crippen LogP contribution < -0.4 is 4.90 Å². The smallest absolute Gasteiger partial charge is 0.223 e. The van der Waals surface area contributed by atoms with E-state index in [0.29, 0.717) is 30.7 Å². The summed E-state index contributed by atoms with van der Waals surface area (Å²) in [5.41, 5.74) is 2.28. The molecule has 1 aromatic heterocycles. The fourth-order valence-corrected chi connectivity index (χ4v) is 5.71. The molecular weight excluding hydrogens is 478 g/mol. The number of para-hydroxylation sites is 1. The number of hydrogen-bond acceptors (Lipinski definition) is 6. The Hall–Kier alpha value is -2.74. The standard InChI is InChI=1S/C30H45N5O3/c1-23(2)30-32-31-28(38-30)14-15-29(37)33-20-16-26(17-21-33)34-18-10-6-4-5-7-11-19-35(24(3)36)27-13-9-8-12-25(27)22-34/h8-9,12-13,23,26H,4-7,10-11,14-22H2,1-3H3. The molecular formula is C30H45N5O3. The van der Waals surface area contributed by atoms with Gasteiger partial charge in [-0.1, -0.05) is 57.7 Å². The molecule has 208 valence electrons. The Bertz CT molecular complexity index is 1040. The lowest BCUT2D eigenvalue weighted by atomic mass is 10.0. The molecule has 4 rings (SSSR count). The third-order valence-electron chi connectivity index (χ3n) is 7.98. The fraction of sp³-hybridized carbons (Fsp3) is 0.667. The normalized spacial score (nSPS) is 18.9. The summed E-state index contributed by atoms with van der Waals surface area (Å²) >= 11 is 0. The predicted octanol–water partition coefficient (Wildman–Crippen LogP) is 5.33. The molecule has 3 heterocycles. The zero-order chi connectivity index (χ0) is 26.9. The largest absolute Gasteiger partial charge is 0.425 e. The highest BCUT2D eigenvalue weighted by atomic mass is 16.4. The molecule has 1 saturated heterocycles. The number of nitrogens with zero attached hydrogens (tertiary/aromatic N) is 5. The van der Waals surface area contributed by atoms with E-state index in [1.807, 2.05) is 29.7 Å². The summed E-state index contributed by atoms with van der Waals surface area (Å²) in [6.45, 7) is 9.96. The van der Waals surface area contributed by atoms with Gasteiger partial charge < -0.3 is 14.2 Å². The van der Waals surface area contributed by atoms with Gasteiger partial charge in [-0.25, -0.2) is 0 Å². The lowest BCUT2D eigenvalue weighted by molar-refractivity contribution is -0.132. The predicted molar refractivity (Wildman–Crippen MR) is 149 cm³/mol. The Labute approximate surface area is 227 Å². The summed E-state index contributed by atoms with van der Waals surface area (Å²) < 4.78 is 5.67. The summed E-state index contributed by atoms with van der Waals surface area (Å²) in [4.78, 5) is 32.1. The number of anilines is 1. The number of fused-ring (bicyclic) bond motifs is 1. The van der Waals surface area contributed by atoms with Crippen LogP contribution in [-0.4, -0.2) is 64.0 Å². The number of carbonyl (C=O) groups is 2. The maximum Gasteiger partial charge on any atom is 0.223 e. The van der Waals surface area contributed by atoms with E-state index in [0.717, 1.165) is 57.7 Å². The molecule has 1 fully saturated rings. The van der Waals surface area contributed by atoms with Crippen LogP contribution in [0.5, 0.6) is 0 Å². The first-order valence-corrected chi connectivity index (χ1v) is 14.6. The molecule has 0 bridgehead atoms. The number of benzene rings is 1. The van der Waals surface area contributed by atoms with Crippen molar-refractivity contribution in [3.05, 3.63) is 41.6 Å². The molecule has 0 radical (unpaired) electrons. The van der Waals surface area contributed by atoms with Crippen molar-refractivity contribution in [2.24, 2.45) is 0 Å². The third kappa shape index (κ3) is 7.65. The van der Waals surface area contributed by atoms with Crippen LogP contribution in [0.2, 0.25) is 0 Å². The maximum absolute atomic E-state index is 12.9. The zero-order valence-electron chi connectivity index (χ0n) is 23.5. The molecule has 8 heteroatoms. The molecule has 2 aromatic rings. The second-order valence-electron chi connectivity index (χ2n) is 11.2. The summed E-state index contributed by atoms with van der Waals surface area (Å²) in [5, 5.41) is 8.17. The Morgan fingerprint density at radius 3 is 2.32 bits per heavy atom. The van der Waals surface area contributed by atoms with Crippen LogP contribution in [-0.2, 0) is 22.6 Å². The van der Waals surface area contributed by atoms with Crippen molar-refractivity contribution in [2.75, 3.05) is 31.1 Å². The van der Waals surface area contributed by atoms with Crippen LogP contribution in [0.3, 0.4) is 0 Å². The molecule has 2 aliphatic rings. The second-order valence-corrected chi connectivity index (χ2v) is 11.2. The van der Waals surface area contributed by atoms with Crippen LogP contribution in [0.4, 0.5) is 5.69 Å². The van der Waals surface area contributed by atoms with Crippen molar-refractivity contribution < 1.29 is 14.0 Å². The molecule has 2 aliphatic heterocycles. The van der Waals surface area contributed by atoms with E-state index in [4.69, 9.17) is 4.42 Å². The Morgan fingerprint density at radius 2 is 1.63 bits per heavy atom. The van der Waals surface area contributed by atoms with Gasteiger partial charge in [0.15, 0.2) is 0 Å². The van der Waals surface area contributed by atoms with Gasteiger partial charge in [-0.3, -0.25) is 14.5 Å². The number of amides is 2. The third-order valence-corrected chi connectivity index (χ3v) is 7.98. The second kappa shape index (κ2) is 13.9. The summed E-state index contributed by atoms with van der Waals surface area (Å²) in [7, 11) is 0. The van der Waals surface area contributed by atoms with E-state index < -0.39 is 0 Å². The number of hydrogen-bond donors (Lipinski definition) is 0. The average molecular weight is 524 g/mol. The number of aryl methyl sites for hydroxylation is 1. The van der Waals surface area contributed by atoms with Gasteiger partial charge in [-0.05, 0) is 43.9 Å². The minimum Gasteiger partial charge on any atom is -0.425 e. The van der Waals surface area contributed by atoms with Gasteiger partial charge in [0, 0.05) is 63.6 Å². The van der Waals surface area contributed by atoms with E-state index in [9.17, 15) is 9.59 Å². The minimum atomic E-state index is 0.117. The fourth-order valence-electron chi connectivity index (χ4n) is 5.71. The lowest BCUT2D eigenvalue weighted by Gasteiger charge is -2.39.